The number of carbonyl (C=O) groups excluding carboxylic acids is 1. The molecule has 0 spiro atoms. The summed E-state index contributed by atoms with van der Waals surface area (Å²) >= 11 is 0. The summed E-state index contributed by atoms with van der Waals surface area (Å²) in [5.74, 6) is -1.43. The molecule has 2 heterocycles. The Hall–Kier alpha value is -1.14. The smallest absolute Gasteiger partial charge is 0.310 e. The van der Waals surface area contributed by atoms with Crippen LogP contribution in [0.25, 0.3) is 0 Å². The molecule has 1 N–H and O–H groups in total. The maximum absolute atomic E-state index is 11.7. The lowest BCUT2D eigenvalue weighted by molar-refractivity contribution is -0.168. The molecule has 2 rings (SSSR count). The molecule has 0 bridgehead atoms. The normalized spacial score (nSPS) is 27.2. The van der Waals surface area contributed by atoms with Crippen molar-refractivity contribution in [1.29, 1.82) is 0 Å². The van der Waals surface area contributed by atoms with Gasteiger partial charge in [-0.2, -0.15) is 0 Å². The van der Waals surface area contributed by atoms with E-state index in [4.69, 9.17) is 14.6 Å². The first-order chi connectivity index (χ1) is 7.18. The molecular formula is C9H13NO5. The van der Waals surface area contributed by atoms with Crippen LogP contribution in [0.1, 0.15) is 0 Å². The van der Waals surface area contributed by atoms with Gasteiger partial charge < -0.3 is 19.5 Å². The fraction of sp³-hybridized carbons (Fsp3) is 0.778. The van der Waals surface area contributed by atoms with Crippen LogP contribution in [0.4, 0.5) is 0 Å². The number of carbonyl (C=O) groups is 2. The third kappa shape index (κ3) is 2.10. The van der Waals surface area contributed by atoms with Gasteiger partial charge in [0.05, 0.1) is 25.7 Å². The molecule has 2 aliphatic rings. The number of ether oxygens (including phenoxy) is 2. The van der Waals surface area contributed by atoms with Crippen molar-refractivity contribution in [2.24, 2.45) is 5.92 Å². The highest BCUT2D eigenvalue weighted by molar-refractivity contribution is 5.84. The number of nitrogens with zero attached hydrogens (tertiary/aromatic N) is 1. The first kappa shape index (κ1) is 10.4. The summed E-state index contributed by atoms with van der Waals surface area (Å²) in [7, 11) is 0. The lowest BCUT2D eigenvalue weighted by Gasteiger charge is -2.39. The van der Waals surface area contributed by atoms with E-state index in [1.54, 1.807) is 0 Å². The molecule has 1 atom stereocenters. The molecule has 0 aliphatic carbocycles. The van der Waals surface area contributed by atoms with Crippen molar-refractivity contribution in [3.63, 3.8) is 0 Å². The van der Waals surface area contributed by atoms with E-state index in [2.05, 4.69) is 0 Å². The van der Waals surface area contributed by atoms with Crippen LogP contribution in [0.5, 0.6) is 0 Å². The minimum Gasteiger partial charge on any atom is -0.481 e. The van der Waals surface area contributed by atoms with Gasteiger partial charge in [-0.05, 0) is 0 Å². The molecule has 6 nitrogen and oxygen atoms in total. The summed E-state index contributed by atoms with van der Waals surface area (Å²) in [6, 6.07) is 0. The van der Waals surface area contributed by atoms with Crippen LogP contribution in [-0.2, 0) is 19.1 Å². The molecule has 0 radical (unpaired) electrons. The summed E-state index contributed by atoms with van der Waals surface area (Å²) in [4.78, 5) is 23.7. The van der Waals surface area contributed by atoms with Gasteiger partial charge in [-0.25, -0.2) is 0 Å². The van der Waals surface area contributed by atoms with Crippen molar-refractivity contribution >= 4 is 11.9 Å². The second-order valence-corrected chi connectivity index (χ2v) is 3.71. The second kappa shape index (κ2) is 4.16. The zero-order chi connectivity index (χ0) is 10.8. The van der Waals surface area contributed by atoms with Gasteiger partial charge in [-0.15, -0.1) is 0 Å². The van der Waals surface area contributed by atoms with Gasteiger partial charge in [0.15, 0.2) is 6.10 Å². The molecular weight excluding hydrogens is 202 g/mol. The maximum atomic E-state index is 11.7. The Labute approximate surface area is 86.8 Å². The molecule has 15 heavy (non-hydrogen) atoms. The van der Waals surface area contributed by atoms with Crippen molar-refractivity contribution in [3.8, 4) is 0 Å². The van der Waals surface area contributed by atoms with Crippen molar-refractivity contribution in [3.05, 3.63) is 0 Å². The Morgan fingerprint density at radius 3 is 2.53 bits per heavy atom. The summed E-state index contributed by atoms with van der Waals surface area (Å²) in [5, 5.41) is 8.65. The van der Waals surface area contributed by atoms with E-state index < -0.39 is 18.0 Å². The highest BCUT2D eigenvalue weighted by Crippen LogP contribution is 2.18. The van der Waals surface area contributed by atoms with E-state index >= 15 is 0 Å². The lowest BCUT2D eigenvalue weighted by Crippen LogP contribution is -2.57. The fourth-order valence-corrected chi connectivity index (χ4v) is 1.65. The molecule has 0 aromatic carbocycles. The zero-order valence-corrected chi connectivity index (χ0v) is 8.22. The molecule has 2 saturated heterocycles. The van der Waals surface area contributed by atoms with Crippen LogP contribution in [0.3, 0.4) is 0 Å². The highest BCUT2D eigenvalue weighted by Gasteiger charge is 2.39. The average Bonchev–Trinajstić information content (AvgIpc) is 2.16. The van der Waals surface area contributed by atoms with Crippen LogP contribution in [0, 0.1) is 5.92 Å². The zero-order valence-electron chi connectivity index (χ0n) is 8.22. The topological polar surface area (TPSA) is 76.1 Å². The molecule has 6 heteroatoms. The van der Waals surface area contributed by atoms with Gasteiger partial charge in [0.2, 0.25) is 0 Å². The number of hydrogen-bond acceptors (Lipinski definition) is 4. The van der Waals surface area contributed by atoms with E-state index in [1.807, 2.05) is 0 Å². The summed E-state index contributed by atoms with van der Waals surface area (Å²) in [5.41, 5.74) is 0. The summed E-state index contributed by atoms with van der Waals surface area (Å²) in [6.07, 6.45) is -0.548. The lowest BCUT2D eigenvalue weighted by atomic mass is 10.00. The number of amides is 1. The number of likely N-dealkylation sites (tertiary alicyclic amines) is 1. The Morgan fingerprint density at radius 2 is 2.00 bits per heavy atom. The standard InChI is InChI=1S/C9H13NO5/c11-8(7-5-14-1-2-15-7)10-3-6(4-10)9(12)13/h6-7H,1-5H2,(H,12,13). The van der Waals surface area contributed by atoms with E-state index in [1.165, 1.54) is 4.90 Å². The van der Waals surface area contributed by atoms with Crippen molar-refractivity contribution in [2.75, 3.05) is 32.9 Å². The Morgan fingerprint density at radius 1 is 1.27 bits per heavy atom. The second-order valence-electron chi connectivity index (χ2n) is 3.71. The number of aliphatic carboxylic acids is 1. The monoisotopic (exact) mass is 215 g/mol. The molecule has 1 amide bonds. The van der Waals surface area contributed by atoms with E-state index in [-0.39, 0.29) is 25.6 Å². The number of hydrogen-bond donors (Lipinski definition) is 1. The van der Waals surface area contributed by atoms with E-state index in [9.17, 15) is 9.59 Å². The van der Waals surface area contributed by atoms with Crippen LogP contribution in [-0.4, -0.2) is 60.9 Å². The summed E-state index contributed by atoms with van der Waals surface area (Å²) < 4.78 is 10.3. The molecule has 84 valence electrons. The minimum atomic E-state index is -0.847. The van der Waals surface area contributed by atoms with E-state index in [0.29, 0.717) is 13.2 Å². The summed E-state index contributed by atoms with van der Waals surface area (Å²) in [6.45, 7) is 1.78. The van der Waals surface area contributed by atoms with Gasteiger partial charge >= 0.3 is 5.97 Å². The van der Waals surface area contributed by atoms with Crippen molar-refractivity contribution in [1.82, 2.24) is 4.90 Å². The van der Waals surface area contributed by atoms with Gasteiger partial charge in [0.1, 0.15) is 0 Å². The average molecular weight is 215 g/mol. The van der Waals surface area contributed by atoms with Gasteiger partial charge in [0, 0.05) is 13.1 Å². The molecule has 2 fully saturated rings. The number of rotatable bonds is 2. The predicted molar refractivity (Wildman–Crippen MR) is 48.3 cm³/mol. The Kier molecular flexibility index (Phi) is 2.88. The molecule has 0 aromatic rings. The van der Waals surface area contributed by atoms with Gasteiger partial charge in [-0.1, -0.05) is 0 Å². The van der Waals surface area contributed by atoms with Crippen molar-refractivity contribution in [2.45, 2.75) is 6.10 Å². The number of carboxylic acid groups (broad SMARTS) is 1. The third-order valence-corrected chi connectivity index (χ3v) is 2.63. The Balaban J connectivity index is 1.80. The van der Waals surface area contributed by atoms with Gasteiger partial charge in [0.25, 0.3) is 5.91 Å². The third-order valence-electron chi connectivity index (χ3n) is 2.63. The van der Waals surface area contributed by atoms with Gasteiger partial charge in [-0.3, -0.25) is 9.59 Å². The van der Waals surface area contributed by atoms with E-state index in [0.717, 1.165) is 0 Å². The SMILES string of the molecule is O=C(O)C1CN(C(=O)C2COCCO2)C1. The maximum Gasteiger partial charge on any atom is 0.310 e. The molecule has 0 aromatic heterocycles. The largest absolute Gasteiger partial charge is 0.481 e. The highest BCUT2D eigenvalue weighted by atomic mass is 16.6. The van der Waals surface area contributed by atoms with Crippen LogP contribution in [0.2, 0.25) is 0 Å². The Bertz CT molecular complexity index is 268. The van der Waals surface area contributed by atoms with Crippen molar-refractivity contribution < 1.29 is 24.2 Å². The van der Waals surface area contributed by atoms with Crippen LogP contribution >= 0.6 is 0 Å². The molecule has 1 unspecified atom stereocenters. The molecule has 0 saturated carbocycles. The quantitative estimate of drug-likeness (QED) is 0.635. The fourth-order valence-electron chi connectivity index (χ4n) is 1.65. The first-order valence-electron chi connectivity index (χ1n) is 4.89. The number of carboxylic acids is 1. The van der Waals surface area contributed by atoms with Crippen LogP contribution < -0.4 is 0 Å². The minimum absolute atomic E-state index is 0.160. The first-order valence-corrected chi connectivity index (χ1v) is 4.89. The predicted octanol–water partition coefficient (Wildman–Crippen LogP) is -1.06. The van der Waals surface area contributed by atoms with Crippen LogP contribution in [0.15, 0.2) is 0 Å². The molecule has 2 aliphatic heterocycles.